The monoisotopic (exact) mass is 1340 g/mol. The van der Waals surface area contributed by atoms with Gasteiger partial charge >= 0.3 is 0 Å². The molecule has 20 N–H and O–H groups in total. The fourth-order valence-corrected chi connectivity index (χ4v) is 12.8. The number of nitrogens with two attached hydrogens (primary N) is 5. The predicted molar refractivity (Wildman–Crippen MR) is 360 cm³/mol. The Morgan fingerprint density at radius 3 is 1.41 bits per heavy atom. The lowest BCUT2D eigenvalue weighted by Gasteiger charge is -2.47. The Kier molecular flexibility index (Phi) is 43.4. The van der Waals surface area contributed by atoms with Crippen LogP contribution in [-0.4, -0.2) is 225 Å². The van der Waals surface area contributed by atoms with Crippen LogP contribution in [0.25, 0.3) is 0 Å². The van der Waals surface area contributed by atoms with Gasteiger partial charge in [0.2, 0.25) is 17.7 Å². The van der Waals surface area contributed by atoms with Crippen LogP contribution in [0.1, 0.15) is 232 Å². The van der Waals surface area contributed by atoms with E-state index in [9.17, 15) is 55.2 Å². The zero-order valence-electron chi connectivity index (χ0n) is 57.2. The number of nitrogens with one attached hydrogen (secondary N) is 2. The standard InChI is InChI=1S/C69H130N8O17/c1-3-5-7-9-11-13-15-17-19-21-23-25-27-29-31-35-41-77(42-36-32-30-28-26-24-22-20-18-16-14-12-10-8-6-4-2)54(81)39-38-53(80)75-40-34-33-37-47(70)66(88)76-44-50-58(83)60(85)55(73)67(89-50)93-64-52(46-79)91-69(62(64)87)94-65-57(82)48(71)43-49(72)63(65)92-68-56(74)61(86)59(84)51(45-78)90-68/h17-20,47-52,55-65,67-69,78-79,82-87H,3-16,21-46,70-74H2,1-2H3,(H,75,80)(H,76,88)/b19-17-,20-18-/t47-,48+,49?,50?,51?,52+,55+,56?,57?,58+,59+,60?,61+,62?,63+,64-,65+,67+,68+,69-/m0/s1. The van der Waals surface area contributed by atoms with Crippen LogP contribution in [0.4, 0.5) is 0 Å². The van der Waals surface area contributed by atoms with Gasteiger partial charge in [0, 0.05) is 51.1 Å². The Bertz CT molecular complexity index is 2020. The molecule has 1 aliphatic carbocycles. The van der Waals surface area contributed by atoms with E-state index in [2.05, 4.69) is 48.8 Å². The molecule has 3 saturated heterocycles. The summed E-state index contributed by atoms with van der Waals surface area (Å²) < 4.78 is 35.5. The number of ether oxygens (including phenoxy) is 6. The summed E-state index contributed by atoms with van der Waals surface area (Å²) in [6, 6.07) is -5.62. The summed E-state index contributed by atoms with van der Waals surface area (Å²) in [5.41, 5.74) is 31.2. The van der Waals surface area contributed by atoms with Crippen LogP contribution in [0.2, 0.25) is 0 Å². The number of carbonyl (C=O) groups excluding carboxylic acids is 3. The highest BCUT2D eigenvalue weighted by Crippen LogP contribution is 2.35. The second kappa shape index (κ2) is 48.8. The van der Waals surface area contributed by atoms with E-state index in [-0.39, 0.29) is 44.0 Å². The summed E-state index contributed by atoms with van der Waals surface area (Å²) in [5, 5.41) is 91.2. The molecular weight excluding hydrogens is 1210 g/mol. The van der Waals surface area contributed by atoms with Crippen LogP contribution in [-0.2, 0) is 42.8 Å². The third-order valence-electron chi connectivity index (χ3n) is 19.0. The summed E-state index contributed by atoms with van der Waals surface area (Å²) >= 11 is 0. The van der Waals surface area contributed by atoms with Crippen molar-refractivity contribution in [3.8, 4) is 0 Å². The van der Waals surface area contributed by atoms with Gasteiger partial charge in [-0.1, -0.05) is 154 Å². The van der Waals surface area contributed by atoms with E-state index >= 15 is 0 Å². The van der Waals surface area contributed by atoms with Crippen molar-refractivity contribution < 1.29 is 83.7 Å². The number of aliphatic hydroxyl groups excluding tert-OH is 8. The van der Waals surface area contributed by atoms with Gasteiger partial charge in [-0.2, -0.15) is 0 Å². The Hall–Kier alpha value is -2.87. The minimum absolute atomic E-state index is 0.0102. The lowest BCUT2D eigenvalue weighted by molar-refractivity contribution is -0.310. The first-order valence-electron chi connectivity index (χ1n) is 36.5. The molecule has 94 heavy (non-hydrogen) atoms. The van der Waals surface area contributed by atoms with E-state index < -0.39 is 141 Å². The zero-order valence-corrected chi connectivity index (χ0v) is 57.2. The van der Waals surface area contributed by atoms with Gasteiger partial charge < -0.3 is 113 Å². The molecule has 0 spiro atoms. The first-order chi connectivity index (χ1) is 45.4. The zero-order chi connectivity index (χ0) is 68.6. The SMILES string of the molecule is CCCCCCCC/C=C\CCCCCCCCN(CCCCCCCC/C=C\CCCCCCCC)C(=O)CCC(=O)NCCCC[C@H](N)C(=O)NCC1O[C@H](O[C@@H]2C(O)[C@H](O[C@@H]3C(O)[C@H](N)CC(N)[C@H]3O[C@H]3OC(CO)[C@@H](O)[C@H](O)C3N)O[C@@H]2CO)[C@H](N)C(O)[C@@H]1O. The largest absolute Gasteiger partial charge is 0.394 e. The maximum atomic E-state index is 13.6. The molecule has 4 rings (SSSR count). The topological polar surface area (TPSA) is 426 Å². The average molecular weight is 1340 g/mol. The maximum absolute atomic E-state index is 13.6. The molecule has 548 valence electrons. The molecular formula is C69H130N8O17. The minimum Gasteiger partial charge on any atom is -0.394 e. The summed E-state index contributed by atoms with van der Waals surface area (Å²) in [6.07, 6.45) is 22.8. The molecule has 25 heteroatoms. The molecule has 4 aliphatic rings. The van der Waals surface area contributed by atoms with Crippen molar-refractivity contribution in [2.45, 2.75) is 354 Å². The molecule has 0 aromatic heterocycles. The Morgan fingerprint density at radius 1 is 0.479 bits per heavy atom. The maximum Gasteiger partial charge on any atom is 0.237 e. The van der Waals surface area contributed by atoms with Gasteiger partial charge in [0.1, 0.15) is 67.1 Å². The highest BCUT2D eigenvalue weighted by molar-refractivity contribution is 5.83. The molecule has 7 unspecified atom stereocenters. The number of rotatable bonds is 51. The molecule has 3 amide bonds. The van der Waals surface area contributed by atoms with E-state index in [1.807, 2.05) is 4.90 Å². The van der Waals surface area contributed by atoms with Crippen molar-refractivity contribution >= 4 is 17.7 Å². The quantitative estimate of drug-likeness (QED) is 0.0305. The molecule has 0 bridgehead atoms. The summed E-state index contributed by atoms with van der Waals surface area (Å²) in [6.45, 7) is 4.47. The number of carbonyl (C=O) groups is 3. The fourth-order valence-electron chi connectivity index (χ4n) is 12.8. The lowest BCUT2D eigenvalue weighted by Crippen LogP contribution is -2.68. The van der Waals surface area contributed by atoms with Gasteiger partial charge in [0.25, 0.3) is 0 Å². The molecule has 1 saturated carbocycles. The van der Waals surface area contributed by atoms with Crippen LogP contribution < -0.4 is 39.3 Å². The van der Waals surface area contributed by atoms with Crippen LogP contribution in [0.3, 0.4) is 0 Å². The number of unbranched alkanes of at least 4 members (excludes halogenated alkanes) is 25. The van der Waals surface area contributed by atoms with Crippen LogP contribution in [0, 0.1) is 0 Å². The van der Waals surface area contributed by atoms with Gasteiger partial charge in [-0.25, -0.2) is 0 Å². The normalized spacial score (nSPS) is 30.9. The molecule has 0 aromatic carbocycles. The van der Waals surface area contributed by atoms with Crippen LogP contribution in [0.5, 0.6) is 0 Å². The van der Waals surface area contributed by atoms with Gasteiger partial charge in [-0.05, 0) is 89.9 Å². The molecule has 4 fully saturated rings. The molecule has 3 aliphatic heterocycles. The van der Waals surface area contributed by atoms with Gasteiger partial charge in [-0.15, -0.1) is 0 Å². The lowest BCUT2D eigenvalue weighted by atomic mass is 9.84. The molecule has 3 heterocycles. The summed E-state index contributed by atoms with van der Waals surface area (Å²) in [7, 11) is 0. The summed E-state index contributed by atoms with van der Waals surface area (Å²) in [4.78, 5) is 41.8. The molecule has 25 nitrogen and oxygen atoms in total. The number of hydrogen-bond acceptors (Lipinski definition) is 22. The number of amides is 3. The smallest absolute Gasteiger partial charge is 0.237 e. The van der Waals surface area contributed by atoms with Crippen LogP contribution >= 0.6 is 0 Å². The molecule has 0 aromatic rings. The van der Waals surface area contributed by atoms with Crippen molar-refractivity contribution in [3.63, 3.8) is 0 Å². The highest BCUT2D eigenvalue weighted by Gasteiger charge is 2.54. The van der Waals surface area contributed by atoms with E-state index in [4.69, 9.17) is 57.1 Å². The van der Waals surface area contributed by atoms with Crippen molar-refractivity contribution in [2.75, 3.05) is 39.4 Å². The second-order valence-electron chi connectivity index (χ2n) is 26.9. The van der Waals surface area contributed by atoms with Crippen molar-refractivity contribution in [1.82, 2.24) is 15.5 Å². The van der Waals surface area contributed by atoms with Crippen molar-refractivity contribution in [3.05, 3.63) is 24.3 Å². The van der Waals surface area contributed by atoms with Crippen molar-refractivity contribution in [2.24, 2.45) is 28.7 Å². The highest BCUT2D eigenvalue weighted by atomic mass is 16.8. The number of nitrogens with zero attached hydrogens (tertiary/aromatic N) is 1. The number of hydrogen-bond donors (Lipinski definition) is 15. The molecule has 20 atom stereocenters. The Labute approximate surface area is 561 Å². The Balaban J connectivity index is 1.17. The fraction of sp³-hybridized carbons (Fsp3) is 0.899. The second-order valence-corrected chi connectivity index (χ2v) is 26.9. The predicted octanol–water partition coefficient (Wildman–Crippen LogP) is 3.59. The third-order valence-corrected chi connectivity index (χ3v) is 19.0. The third kappa shape index (κ3) is 30.3. The van der Waals surface area contributed by atoms with E-state index in [0.29, 0.717) is 32.5 Å². The average Bonchev–Trinajstić information content (AvgIpc) is 1.36. The van der Waals surface area contributed by atoms with Crippen LogP contribution in [0.15, 0.2) is 24.3 Å². The van der Waals surface area contributed by atoms with E-state index in [0.717, 1.165) is 51.4 Å². The van der Waals surface area contributed by atoms with Crippen molar-refractivity contribution in [1.29, 1.82) is 0 Å². The van der Waals surface area contributed by atoms with E-state index in [1.165, 1.54) is 128 Å². The van der Waals surface area contributed by atoms with E-state index in [1.54, 1.807) is 0 Å². The Morgan fingerprint density at radius 2 is 0.915 bits per heavy atom. The van der Waals surface area contributed by atoms with Gasteiger partial charge in [0.05, 0.1) is 37.4 Å². The number of aliphatic hydroxyl groups is 8. The first-order valence-corrected chi connectivity index (χ1v) is 36.5. The van der Waals surface area contributed by atoms with Gasteiger partial charge in [-0.3, -0.25) is 14.4 Å². The number of allylic oxidation sites excluding steroid dienone is 4. The first kappa shape index (κ1) is 83.5. The molecule has 0 radical (unpaired) electrons. The summed E-state index contributed by atoms with van der Waals surface area (Å²) in [5.74, 6) is -0.786. The minimum atomic E-state index is -1.74. The van der Waals surface area contributed by atoms with Gasteiger partial charge in [0.15, 0.2) is 18.9 Å².